The average molecular weight is 773 g/mol. The molecule has 1 amide bonds. The van der Waals surface area contributed by atoms with E-state index in [2.05, 4.69) is 20.8 Å². The molecule has 5 atom stereocenters. The number of carbonyl (C=O) groups excluding carboxylic acids is 1. The fraction of sp³-hybridized carbons (Fsp3) is 0.512. The molecule has 5 unspecified atom stereocenters. The maximum absolute atomic E-state index is 17.3. The second kappa shape index (κ2) is 12.8. The minimum atomic E-state index is -3.06. The van der Waals surface area contributed by atoms with Crippen LogP contribution in [0.1, 0.15) is 44.1 Å². The van der Waals surface area contributed by atoms with E-state index in [0.717, 1.165) is 44.3 Å². The molecule has 4 aromatic rings. The van der Waals surface area contributed by atoms with Gasteiger partial charge in [0.2, 0.25) is 5.88 Å². The number of aromatic nitrogens is 3. The third kappa shape index (κ3) is 5.95. The second-order valence-electron chi connectivity index (χ2n) is 16.6. The maximum Gasteiger partial charge on any atom is 0.319 e. The zero-order valence-corrected chi connectivity index (χ0v) is 30.7. The Kier molecular flexibility index (Phi) is 8.10. The Bertz CT molecular complexity index is 2330. The molecule has 2 aromatic carbocycles. The standard InChI is InChI=1S/C41H40F4N6O5/c1-3-27-29(42)7-4-21-11-26(52)12-28(31(21)27)34-33(43)35-32(37(46-34)54-2)36(48-39(47-35)56-19-40(8-9-40)18-49-14-22-10-23(22)15-49)50-16-24-5-6-25(17-50)51(24)38(53)30-13-41(44,45)20-55-30/h1,4,7,11-12,22-25,30,52H,5-6,8-10,13-20H2,2H3. The van der Waals surface area contributed by atoms with Crippen LogP contribution in [0.5, 0.6) is 17.6 Å². The monoisotopic (exact) mass is 772 g/mol. The number of methoxy groups -OCH3 is 1. The molecule has 56 heavy (non-hydrogen) atoms. The summed E-state index contributed by atoms with van der Waals surface area (Å²) in [5, 5.41) is 11.4. The van der Waals surface area contributed by atoms with E-state index in [1.807, 2.05) is 4.90 Å². The topological polar surface area (TPSA) is 113 Å². The van der Waals surface area contributed by atoms with E-state index < -0.39 is 42.6 Å². The van der Waals surface area contributed by atoms with Crippen LogP contribution in [-0.2, 0) is 9.53 Å². The van der Waals surface area contributed by atoms with Gasteiger partial charge >= 0.3 is 6.01 Å². The molecule has 6 fully saturated rings. The van der Waals surface area contributed by atoms with E-state index in [9.17, 15) is 18.7 Å². The number of pyridine rings is 1. The number of aromatic hydroxyl groups is 1. The molecule has 15 heteroatoms. The number of phenolic OH excluding ortho intramolecular Hbond substituents is 1. The van der Waals surface area contributed by atoms with E-state index in [1.54, 1.807) is 4.90 Å². The van der Waals surface area contributed by atoms with Crippen molar-refractivity contribution in [1.82, 2.24) is 24.8 Å². The highest BCUT2D eigenvalue weighted by Gasteiger charge is 2.52. The summed E-state index contributed by atoms with van der Waals surface area (Å²) in [6.45, 7) is 3.20. The van der Waals surface area contributed by atoms with Crippen molar-refractivity contribution in [2.24, 2.45) is 17.3 Å². The zero-order valence-electron chi connectivity index (χ0n) is 30.7. The van der Waals surface area contributed by atoms with Gasteiger partial charge in [0.15, 0.2) is 5.82 Å². The Morgan fingerprint density at radius 2 is 1.80 bits per heavy atom. The summed E-state index contributed by atoms with van der Waals surface area (Å²) in [5.41, 5.74) is -0.583. The number of anilines is 1. The highest BCUT2D eigenvalue weighted by Crippen LogP contribution is 2.51. The van der Waals surface area contributed by atoms with Crippen molar-refractivity contribution < 1.29 is 41.7 Å². The lowest BCUT2D eigenvalue weighted by atomic mass is 9.95. The molecule has 1 N–H and O–H groups in total. The number of halogens is 4. The van der Waals surface area contributed by atoms with Crippen LogP contribution in [0.3, 0.4) is 0 Å². The minimum Gasteiger partial charge on any atom is -0.508 e. The van der Waals surface area contributed by atoms with E-state index in [-0.39, 0.29) is 87.2 Å². The first-order chi connectivity index (χ1) is 26.9. The number of piperazine rings is 1. The molecule has 292 valence electrons. The summed E-state index contributed by atoms with van der Waals surface area (Å²) in [6, 6.07) is 4.58. The number of fused-ring (bicyclic) bond motifs is 5. The normalized spacial score (nSPS) is 27.1. The summed E-state index contributed by atoms with van der Waals surface area (Å²) < 4.78 is 77.9. The van der Waals surface area contributed by atoms with Gasteiger partial charge in [0, 0.05) is 67.6 Å². The quantitative estimate of drug-likeness (QED) is 0.172. The Morgan fingerprint density at radius 3 is 2.46 bits per heavy atom. The molecule has 6 heterocycles. The van der Waals surface area contributed by atoms with Crippen LogP contribution in [-0.4, -0.2) is 113 Å². The first-order valence-corrected chi connectivity index (χ1v) is 19.2. The fourth-order valence-corrected chi connectivity index (χ4v) is 9.69. The smallest absolute Gasteiger partial charge is 0.319 e. The molecule has 2 aliphatic carbocycles. The summed E-state index contributed by atoms with van der Waals surface area (Å²) in [4.78, 5) is 33.8. The van der Waals surface area contributed by atoms with E-state index in [4.69, 9.17) is 25.6 Å². The first kappa shape index (κ1) is 35.5. The van der Waals surface area contributed by atoms with E-state index >= 15 is 8.78 Å². The molecule has 6 aliphatic rings. The molecule has 10 rings (SSSR count). The summed E-state index contributed by atoms with van der Waals surface area (Å²) in [6.07, 6.45) is 8.44. The lowest BCUT2D eigenvalue weighted by Crippen LogP contribution is -2.58. The van der Waals surface area contributed by atoms with Crippen molar-refractivity contribution in [3.05, 3.63) is 41.5 Å². The number of carbonyl (C=O) groups is 1. The molecule has 4 aliphatic heterocycles. The Hall–Kier alpha value is -4.94. The van der Waals surface area contributed by atoms with Gasteiger partial charge in [-0.05, 0) is 67.5 Å². The Balaban J connectivity index is 1.06. The van der Waals surface area contributed by atoms with Crippen LogP contribution in [0.2, 0.25) is 0 Å². The van der Waals surface area contributed by atoms with Gasteiger partial charge in [0.1, 0.15) is 46.7 Å². The van der Waals surface area contributed by atoms with Crippen LogP contribution < -0.4 is 14.4 Å². The van der Waals surface area contributed by atoms with Gasteiger partial charge in [-0.25, -0.2) is 22.5 Å². The maximum atomic E-state index is 17.3. The number of likely N-dealkylation sites (tertiary alicyclic amines) is 1. The van der Waals surface area contributed by atoms with Crippen LogP contribution in [0.15, 0.2) is 24.3 Å². The van der Waals surface area contributed by atoms with Crippen molar-refractivity contribution in [3.8, 4) is 41.2 Å². The predicted molar refractivity (Wildman–Crippen MR) is 197 cm³/mol. The number of hydrogen-bond acceptors (Lipinski definition) is 10. The second-order valence-corrected chi connectivity index (χ2v) is 16.6. The fourth-order valence-electron chi connectivity index (χ4n) is 9.69. The highest BCUT2D eigenvalue weighted by atomic mass is 19.3. The van der Waals surface area contributed by atoms with Crippen molar-refractivity contribution in [1.29, 1.82) is 0 Å². The van der Waals surface area contributed by atoms with Crippen molar-refractivity contribution in [3.63, 3.8) is 0 Å². The molecular formula is C41H40F4N6O5. The highest BCUT2D eigenvalue weighted by molar-refractivity contribution is 6.04. The van der Waals surface area contributed by atoms with Gasteiger partial charge in [-0.15, -0.1) is 6.42 Å². The number of alkyl halides is 2. The van der Waals surface area contributed by atoms with Gasteiger partial charge in [-0.3, -0.25) is 4.79 Å². The predicted octanol–water partition coefficient (Wildman–Crippen LogP) is 5.53. The van der Waals surface area contributed by atoms with Gasteiger partial charge in [0.25, 0.3) is 11.8 Å². The van der Waals surface area contributed by atoms with Gasteiger partial charge in [-0.1, -0.05) is 12.0 Å². The van der Waals surface area contributed by atoms with Crippen molar-refractivity contribution in [2.45, 2.75) is 62.6 Å². The number of terminal acetylenes is 1. The molecule has 0 spiro atoms. The van der Waals surface area contributed by atoms with Gasteiger partial charge < -0.3 is 34.0 Å². The molecule has 4 saturated heterocycles. The molecular weight excluding hydrogens is 732 g/mol. The number of nitrogens with zero attached hydrogens (tertiary/aromatic N) is 6. The van der Waals surface area contributed by atoms with Crippen LogP contribution in [0.4, 0.5) is 23.4 Å². The molecule has 0 radical (unpaired) electrons. The molecule has 2 bridgehead atoms. The zero-order chi connectivity index (χ0) is 38.7. The largest absolute Gasteiger partial charge is 0.508 e. The van der Waals surface area contributed by atoms with Crippen LogP contribution in [0, 0.1) is 41.2 Å². The number of amides is 1. The number of rotatable bonds is 9. The lowest BCUT2D eigenvalue weighted by Gasteiger charge is -2.42. The van der Waals surface area contributed by atoms with Crippen LogP contribution in [0.25, 0.3) is 32.9 Å². The Labute approximate surface area is 319 Å². The van der Waals surface area contributed by atoms with Crippen molar-refractivity contribution >= 4 is 33.4 Å². The summed E-state index contributed by atoms with van der Waals surface area (Å²) >= 11 is 0. The summed E-state index contributed by atoms with van der Waals surface area (Å²) in [7, 11) is 1.38. The Morgan fingerprint density at radius 1 is 1.05 bits per heavy atom. The molecule has 11 nitrogen and oxygen atoms in total. The number of hydrogen-bond donors (Lipinski definition) is 1. The minimum absolute atomic E-state index is 0.0354. The average Bonchev–Trinajstić information content (AvgIpc) is 4.00. The number of benzene rings is 2. The first-order valence-electron chi connectivity index (χ1n) is 19.2. The third-order valence-corrected chi connectivity index (χ3v) is 12.7. The van der Waals surface area contributed by atoms with Gasteiger partial charge in [0.05, 0.1) is 19.3 Å². The van der Waals surface area contributed by atoms with Crippen molar-refractivity contribution in [2.75, 3.05) is 57.9 Å². The SMILES string of the molecule is C#Cc1c(F)ccc2cc(O)cc(-c3nc(OC)c4c(N5CC6CCC(C5)N6C(=O)C5CC(F)(F)CO5)nc(OCC5(CN6CC7CC7C6)CC5)nc4c3F)c12. The molecule has 2 aromatic heterocycles. The van der Waals surface area contributed by atoms with Gasteiger partial charge in [-0.2, -0.15) is 9.97 Å². The molecule has 2 saturated carbocycles. The number of ether oxygens (including phenoxy) is 3. The lowest BCUT2D eigenvalue weighted by molar-refractivity contribution is -0.144. The number of piperidine rings is 1. The van der Waals surface area contributed by atoms with E-state index in [0.29, 0.717) is 24.8 Å². The van der Waals surface area contributed by atoms with Crippen LogP contribution >= 0.6 is 0 Å². The third-order valence-electron chi connectivity index (χ3n) is 12.7. The van der Waals surface area contributed by atoms with E-state index in [1.165, 1.54) is 37.8 Å². The summed E-state index contributed by atoms with van der Waals surface area (Å²) in [5.74, 6) is -1.09. The number of phenols is 1.